The zero-order valence-electron chi connectivity index (χ0n) is 43.0. The van der Waals surface area contributed by atoms with Gasteiger partial charge in [-0.3, -0.25) is 47.9 Å². The molecule has 0 aromatic heterocycles. The standard InChI is InChI=1S/C49H72N14O12S2/c1-27-41(67)61-40(28(2)64)49(75)60-38-26-77-76-25-37(47(73)54-27)59-45(71)34(10-4-7-21-51)55-42(68)30-14-18-32(19-15-30)63-62-31-16-12-29(13-17-31)24-53-43(69)33(9-3-6-20-50)56-44(70)35(11-5-8-22-52)57-46(72)36(23-39(65)66)58-48(38)74/h12-19,27-28,33-38,40,64H,3-11,20-26,50-52H2,1-2H3,(H,53,69)(H,54,73)(H,55,68)(H,56,70)(H,57,72)(H,58,74)(H,59,71)(H,60,75)(H,61,67)(H,65,66)/t27-,28+,33-,34-,35-,36-,37-,38-,40-/m0/s1. The number of aliphatic carboxylic acids is 1. The molecule has 77 heavy (non-hydrogen) atoms. The lowest BCUT2D eigenvalue weighted by molar-refractivity contribution is -0.141. The van der Waals surface area contributed by atoms with E-state index in [1.54, 1.807) is 36.4 Å². The number of amides is 9. The molecule has 26 nitrogen and oxygen atoms in total. The van der Waals surface area contributed by atoms with Gasteiger partial charge in [0, 0.05) is 23.6 Å². The van der Waals surface area contributed by atoms with Crippen LogP contribution >= 0.6 is 21.6 Å². The second kappa shape index (κ2) is 32.8. The van der Waals surface area contributed by atoms with Gasteiger partial charge in [0.2, 0.25) is 47.3 Å². The molecular formula is C49H72N14O12S2. The van der Waals surface area contributed by atoms with Crippen LogP contribution in [0, 0.1) is 0 Å². The highest BCUT2D eigenvalue weighted by molar-refractivity contribution is 8.76. The van der Waals surface area contributed by atoms with Gasteiger partial charge in [0.25, 0.3) is 5.91 Å². The maximum Gasteiger partial charge on any atom is 0.305 e. The summed E-state index contributed by atoms with van der Waals surface area (Å²) in [6.07, 6.45) is 0.362. The van der Waals surface area contributed by atoms with Crippen molar-refractivity contribution in [2.24, 2.45) is 27.4 Å². The van der Waals surface area contributed by atoms with Crippen LogP contribution in [-0.2, 0) is 49.7 Å². The minimum Gasteiger partial charge on any atom is -0.481 e. The molecule has 422 valence electrons. The molecule has 9 atom stereocenters. The predicted octanol–water partition coefficient (Wildman–Crippen LogP) is -1.12. The molecule has 0 saturated carbocycles. The highest BCUT2D eigenvalue weighted by atomic mass is 33.1. The molecule has 0 spiro atoms. The number of fused-ring (bicyclic) bond motifs is 2. The average Bonchev–Trinajstić information content (AvgIpc) is 3.39. The topological polar surface area (TPSA) is 422 Å². The van der Waals surface area contributed by atoms with Crippen molar-refractivity contribution in [1.82, 2.24) is 47.9 Å². The summed E-state index contributed by atoms with van der Waals surface area (Å²) in [7, 11) is 1.90. The summed E-state index contributed by atoms with van der Waals surface area (Å²) in [6, 6.07) is 1.37. The number of nitrogens with zero attached hydrogens (tertiary/aromatic N) is 2. The number of carbonyl (C=O) groups excluding carboxylic acids is 9. The molecule has 4 aliphatic rings. The highest BCUT2D eigenvalue weighted by Gasteiger charge is 2.36. The Hall–Kier alpha value is -6.72. The van der Waals surface area contributed by atoms with Crippen molar-refractivity contribution in [2.75, 3.05) is 31.1 Å². The minimum absolute atomic E-state index is 0.00465. The zero-order chi connectivity index (χ0) is 56.4. The maximum atomic E-state index is 14.2. The van der Waals surface area contributed by atoms with Crippen LogP contribution in [0.3, 0.4) is 0 Å². The number of carboxylic acids is 1. The molecule has 17 N–H and O–H groups in total. The van der Waals surface area contributed by atoms with E-state index in [4.69, 9.17) is 17.2 Å². The smallest absolute Gasteiger partial charge is 0.305 e. The first-order valence-corrected chi connectivity index (χ1v) is 27.9. The lowest BCUT2D eigenvalue weighted by Gasteiger charge is -2.28. The molecule has 9 amide bonds. The van der Waals surface area contributed by atoms with Gasteiger partial charge in [-0.15, -0.1) is 0 Å². The second-order valence-electron chi connectivity index (χ2n) is 18.4. The number of rotatable bonds is 15. The van der Waals surface area contributed by atoms with Gasteiger partial charge in [0.15, 0.2) is 0 Å². The molecule has 0 radical (unpaired) electrons. The quantitative estimate of drug-likeness (QED) is 0.0742. The lowest BCUT2D eigenvalue weighted by Crippen LogP contribution is -2.62. The summed E-state index contributed by atoms with van der Waals surface area (Å²) >= 11 is 0. The van der Waals surface area contributed by atoms with E-state index in [0.29, 0.717) is 68.6 Å². The highest BCUT2D eigenvalue weighted by Crippen LogP contribution is 2.25. The van der Waals surface area contributed by atoms with Crippen LogP contribution < -0.4 is 65.1 Å². The van der Waals surface area contributed by atoms with Gasteiger partial charge in [0.05, 0.1) is 23.9 Å². The van der Waals surface area contributed by atoms with Crippen LogP contribution in [0.5, 0.6) is 0 Å². The Balaban J connectivity index is 1.77. The fraction of sp³-hybridized carbons (Fsp3) is 0.551. The summed E-state index contributed by atoms with van der Waals surface area (Å²) in [5.41, 5.74) is 18.9. The monoisotopic (exact) mass is 1110 g/mol. The van der Waals surface area contributed by atoms with Crippen molar-refractivity contribution >= 4 is 92.1 Å². The number of nitrogens with two attached hydrogens (primary N) is 3. The molecule has 1 fully saturated rings. The number of aliphatic hydroxyl groups excluding tert-OH is 1. The SMILES string of the molecule is C[C@@H]1NC(=O)[C@@H]2CSSC[C@H](NC(=O)[C@H]([C@@H](C)O)NC1=O)C(=O)N[C@@H](CC(=O)O)C(=O)N[C@@H](CCCCN)C(=O)N[C@@H](CCCCN)C(=O)NCc1ccc(cc1)N=Nc1ccc(cc1)C(=O)N[C@@H](CCCCN)C(=O)N2. The van der Waals surface area contributed by atoms with Gasteiger partial charge in [-0.25, -0.2) is 0 Å². The summed E-state index contributed by atoms with van der Waals surface area (Å²) in [6.45, 7) is 3.39. The molecule has 0 unspecified atom stereocenters. The number of benzene rings is 2. The normalized spacial score (nSPS) is 24.5. The van der Waals surface area contributed by atoms with Crippen LogP contribution in [0.4, 0.5) is 11.4 Å². The van der Waals surface area contributed by atoms with E-state index in [1.165, 1.54) is 26.0 Å². The van der Waals surface area contributed by atoms with E-state index in [2.05, 4.69) is 58.1 Å². The van der Waals surface area contributed by atoms with E-state index in [-0.39, 0.29) is 49.4 Å². The zero-order valence-corrected chi connectivity index (χ0v) is 44.7. The summed E-state index contributed by atoms with van der Waals surface area (Å²) in [5.74, 6) is -9.76. The molecule has 2 aromatic rings. The molecule has 6 bridgehead atoms. The number of nitrogens with one attached hydrogen (secondary N) is 9. The Morgan fingerprint density at radius 3 is 1.51 bits per heavy atom. The Labute approximate surface area is 453 Å². The Bertz CT molecular complexity index is 2380. The molecular weight excluding hydrogens is 1040 g/mol. The number of azo groups is 1. The Morgan fingerprint density at radius 2 is 1.00 bits per heavy atom. The van der Waals surface area contributed by atoms with Gasteiger partial charge in [0.1, 0.15) is 48.3 Å². The van der Waals surface area contributed by atoms with Crippen LogP contribution in [0.25, 0.3) is 0 Å². The minimum atomic E-state index is -1.85. The fourth-order valence-corrected chi connectivity index (χ4v) is 10.0. The predicted molar refractivity (Wildman–Crippen MR) is 287 cm³/mol. The third-order valence-electron chi connectivity index (χ3n) is 12.2. The molecule has 6 rings (SSSR count). The van der Waals surface area contributed by atoms with Crippen LogP contribution in [0.1, 0.15) is 94.0 Å². The van der Waals surface area contributed by atoms with Crippen molar-refractivity contribution < 1.29 is 58.2 Å². The summed E-state index contributed by atoms with van der Waals surface area (Å²) in [5, 5.41) is 52.3. The van der Waals surface area contributed by atoms with Crippen molar-refractivity contribution in [3.63, 3.8) is 0 Å². The third kappa shape index (κ3) is 21.3. The van der Waals surface area contributed by atoms with Crippen molar-refractivity contribution in [2.45, 2.75) is 139 Å². The Morgan fingerprint density at radius 1 is 0.558 bits per heavy atom. The van der Waals surface area contributed by atoms with Crippen LogP contribution in [-0.4, -0.2) is 155 Å². The largest absolute Gasteiger partial charge is 0.481 e. The molecule has 4 heterocycles. The van der Waals surface area contributed by atoms with E-state index in [9.17, 15) is 58.2 Å². The Kier molecular flexibility index (Phi) is 26.7. The van der Waals surface area contributed by atoms with Crippen LogP contribution in [0.2, 0.25) is 0 Å². The fourth-order valence-electron chi connectivity index (χ4n) is 7.71. The molecule has 2 aromatic carbocycles. The third-order valence-corrected chi connectivity index (χ3v) is 14.6. The number of carbonyl (C=O) groups is 10. The summed E-state index contributed by atoms with van der Waals surface area (Å²) in [4.78, 5) is 137. The molecule has 4 aliphatic heterocycles. The van der Waals surface area contributed by atoms with E-state index in [0.717, 1.165) is 21.6 Å². The number of aliphatic hydroxyl groups is 1. The van der Waals surface area contributed by atoms with Gasteiger partial charge in [-0.05, 0) is 133 Å². The van der Waals surface area contributed by atoms with Gasteiger partial charge in [-0.2, -0.15) is 10.2 Å². The second-order valence-corrected chi connectivity index (χ2v) is 21.0. The van der Waals surface area contributed by atoms with Gasteiger partial charge >= 0.3 is 5.97 Å². The number of carboxylic acid groups (broad SMARTS) is 1. The van der Waals surface area contributed by atoms with E-state index < -0.39 is 120 Å². The van der Waals surface area contributed by atoms with Gasteiger partial charge < -0.3 is 75.3 Å². The molecule has 1 saturated heterocycles. The number of hydrogen-bond acceptors (Lipinski definition) is 18. The number of hydrogen-bond donors (Lipinski definition) is 14. The first kappa shape index (κ1) is 62.8. The van der Waals surface area contributed by atoms with E-state index in [1.807, 2.05) is 0 Å². The van der Waals surface area contributed by atoms with Crippen LogP contribution in [0.15, 0.2) is 58.8 Å². The van der Waals surface area contributed by atoms with Crippen molar-refractivity contribution in [1.29, 1.82) is 0 Å². The first-order chi connectivity index (χ1) is 36.8. The van der Waals surface area contributed by atoms with Crippen molar-refractivity contribution in [3.05, 3.63) is 59.7 Å². The lowest BCUT2D eigenvalue weighted by atomic mass is 10.0. The van der Waals surface area contributed by atoms with Gasteiger partial charge in [-0.1, -0.05) is 33.7 Å². The molecule has 0 aliphatic carbocycles. The first-order valence-electron chi connectivity index (χ1n) is 25.4. The average molecular weight is 1110 g/mol. The van der Waals surface area contributed by atoms with Crippen molar-refractivity contribution in [3.8, 4) is 0 Å². The summed E-state index contributed by atoms with van der Waals surface area (Å²) < 4.78 is 0. The molecule has 28 heteroatoms. The number of unbranched alkanes of at least 4 members (excludes halogenated alkanes) is 3. The van der Waals surface area contributed by atoms with E-state index >= 15 is 0 Å². The maximum absolute atomic E-state index is 14.2.